The fourth-order valence-corrected chi connectivity index (χ4v) is 9.84. The fraction of sp³-hybridized carbons (Fsp3) is 0.580. The molecular formula is C50H72F3N9O13S2. The molecule has 0 aliphatic carbocycles. The Kier molecular flexibility index (Phi) is 23.5. The summed E-state index contributed by atoms with van der Waals surface area (Å²) in [5, 5.41) is 11.8. The fourth-order valence-electron chi connectivity index (χ4n) is 9.06. The third-order valence-corrected chi connectivity index (χ3v) is 14.2. The molecule has 0 spiro atoms. The zero-order chi connectivity index (χ0) is 55.5. The summed E-state index contributed by atoms with van der Waals surface area (Å²) in [7, 11) is -6.99. The minimum absolute atomic E-state index is 0.109. The largest absolute Gasteiger partial charge is 0.443 e. The summed E-state index contributed by atoms with van der Waals surface area (Å²) in [6.07, 6.45) is -0.664. The lowest BCUT2D eigenvalue weighted by molar-refractivity contribution is 0.0725. The first-order valence-electron chi connectivity index (χ1n) is 25.6. The van der Waals surface area contributed by atoms with E-state index in [2.05, 4.69) is 40.9 Å². The van der Waals surface area contributed by atoms with Gasteiger partial charge < -0.3 is 29.5 Å². The molecule has 27 heteroatoms. The van der Waals surface area contributed by atoms with Crippen LogP contribution in [0.3, 0.4) is 0 Å². The van der Waals surface area contributed by atoms with Crippen LogP contribution < -0.4 is 20.0 Å². The second kappa shape index (κ2) is 29.7. The van der Waals surface area contributed by atoms with Gasteiger partial charge in [-0.05, 0) is 61.1 Å². The summed E-state index contributed by atoms with van der Waals surface area (Å²) in [5.74, 6) is -1.20. The lowest BCUT2D eigenvalue weighted by Crippen LogP contribution is -2.49. The number of carbonyl (C=O) groups is 3. The van der Waals surface area contributed by atoms with Crippen LogP contribution in [-0.4, -0.2) is 246 Å². The maximum atomic E-state index is 13.4. The van der Waals surface area contributed by atoms with E-state index in [9.17, 15) is 44.4 Å². The quantitative estimate of drug-likeness (QED) is 0.146. The van der Waals surface area contributed by atoms with Crippen molar-refractivity contribution in [2.75, 3.05) is 178 Å². The summed E-state index contributed by atoms with van der Waals surface area (Å²) >= 11 is 0. The number of aliphatic hydroxyl groups excluding tert-OH is 1. The summed E-state index contributed by atoms with van der Waals surface area (Å²) in [5.41, 5.74) is 1.41. The van der Waals surface area contributed by atoms with Gasteiger partial charge in [0.05, 0.1) is 62.4 Å². The van der Waals surface area contributed by atoms with Crippen molar-refractivity contribution in [3.8, 4) is 0 Å². The molecule has 3 aromatic carbocycles. The second-order valence-electron chi connectivity index (χ2n) is 19.0. The smallest absolute Gasteiger partial charge is 0.414 e. The number of carbonyl (C=O) groups excluding carboxylic acids is 3. The number of cyclic esters (lactones) is 3. The van der Waals surface area contributed by atoms with Gasteiger partial charge >= 0.3 is 18.3 Å². The van der Waals surface area contributed by atoms with Crippen LogP contribution in [0.2, 0.25) is 0 Å². The molecule has 0 unspecified atom stereocenters. The van der Waals surface area contributed by atoms with E-state index in [1.807, 2.05) is 0 Å². The molecule has 0 saturated carbocycles. The summed E-state index contributed by atoms with van der Waals surface area (Å²) in [6.45, 7) is 18.8. The first kappa shape index (κ1) is 61.0. The van der Waals surface area contributed by atoms with Gasteiger partial charge in [-0.25, -0.2) is 27.6 Å². The number of nitrogens with zero attached hydrogens (tertiary/aromatic N) is 8. The number of β-amino-alcohol motifs (C(OH)–C–C–N with tert-alkyl or cyclic N) is 1. The van der Waals surface area contributed by atoms with E-state index in [4.69, 9.17) is 23.5 Å². The molecule has 0 bridgehead atoms. The van der Waals surface area contributed by atoms with E-state index in [1.165, 1.54) is 57.2 Å². The van der Waals surface area contributed by atoms with Gasteiger partial charge in [0.25, 0.3) is 20.2 Å². The van der Waals surface area contributed by atoms with Gasteiger partial charge in [-0.15, -0.1) is 0 Å². The Morgan fingerprint density at radius 3 is 1.31 bits per heavy atom. The van der Waals surface area contributed by atoms with Gasteiger partial charge in [0, 0.05) is 105 Å². The van der Waals surface area contributed by atoms with Crippen molar-refractivity contribution in [3.63, 3.8) is 0 Å². The van der Waals surface area contributed by atoms with Crippen LogP contribution in [0.5, 0.6) is 0 Å². The average molecular weight is 1130 g/mol. The van der Waals surface area contributed by atoms with Crippen molar-refractivity contribution >= 4 is 55.6 Å². The number of benzene rings is 3. The number of hydrogen-bond acceptors (Lipinski definition) is 19. The molecule has 3 aromatic rings. The van der Waals surface area contributed by atoms with Crippen molar-refractivity contribution in [1.82, 2.24) is 29.8 Å². The number of halogens is 3. The summed E-state index contributed by atoms with van der Waals surface area (Å²) in [4.78, 5) is 51.2. The van der Waals surface area contributed by atoms with Crippen molar-refractivity contribution < 1.29 is 72.1 Å². The number of amides is 3. The molecule has 6 aliphatic heterocycles. The highest BCUT2D eigenvalue weighted by molar-refractivity contribution is 7.86. The zero-order valence-corrected chi connectivity index (χ0v) is 45.4. The van der Waals surface area contributed by atoms with Crippen LogP contribution in [0, 0.1) is 17.5 Å². The maximum Gasteiger partial charge on any atom is 0.414 e. The lowest BCUT2D eigenvalue weighted by Gasteiger charge is -2.35. The van der Waals surface area contributed by atoms with Gasteiger partial charge in [0.1, 0.15) is 42.4 Å². The Labute approximate surface area is 449 Å². The molecule has 428 valence electrons. The van der Waals surface area contributed by atoms with Gasteiger partial charge in [0.15, 0.2) is 0 Å². The first-order chi connectivity index (χ1) is 36.7. The minimum atomic E-state index is -3.59. The van der Waals surface area contributed by atoms with Crippen LogP contribution in [0.4, 0.5) is 44.6 Å². The van der Waals surface area contributed by atoms with Crippen molar-refractivity contribution in [1.29, 1.82) is 0 Å². The molecule has 77 heavy (non-hydrogen) atoms. The molecule has 6 heterocycles. The Balaban J connectivity index is 0.000000175. The number of nitrogens with one attached hydrogen (secondary N) is 1. The normalized spacial score (nSPS) is 22.0. The molecular weight excluding hydrogens is 1060 g/mol. The summed E-state index contributed by atoms with van der Waals surface area (Å²) in [6, 6.07) is 17.5. The number of hydrogen-bond donors (Lipinski definition) is 2. The molecule has 6 saturated heterocycles. The molecule has 22 nitrogen and oxygen atoms in total. The van der Waals surface area contributed by atoms with Crippen LogP contribution in [0.25, 0.3) is 0 Å². The number of piperazine rings is 3. The molecule has 3 amide bonds. The number of aliphatic hydroxyl groups is 1. The molecule has 6 fully saturated rings. The zero-order valence-electron chi connectivity index (χ0n) is 43.8. The Morgan fingerprint density at radius 2 is 0.922 bits per heavy atom. The highest BCUT2D eigenvalue weighted by atomic mass is 32.2. The highest BCUT2D eigenvalue weighted by Crippen LogP contribution is 2.26. The molecule has 2 N–H and O–H groups in total. The first-order valence-corrected chi connectivity index (χ1v) is 29.2. The standard InChI is InChI=1S/C17H24FN3O5S.C16H22FN3O2.C11H12FNO5S.C6H14N2O/c1-27(23,24)25-10-9-19-5-7-20(8-6-19)12-16-13-21(17(22)26-16)15-4-2-3-14(18)11-15;1-2-18-6-8-19(9-7-18)11-15-12-20(16(21)22-15)14-5-3-4-13(17)10-14;1-19(15,16)17-7-10-6-13(11(14)18-10)9-4-2-3-8(12)5-9;9-6-5-8-3-1-7-2-4-8/h2-4,11,16H,5-10,12-13H2,1H3;3-5,10,15H,2,6-9,11-12H2,1H3;2-5,10H,6-7H2,1H3;7,9H,1-6H2/t16-;15-;10-;/m001./s1. The van der Waals surface area contributed by atoms with Gasteiger partial charge in [-0.3, -0.25) is 42.7 Å². The van der Waals surface area contributed by atoms with E-state index in [0.29, 0.717) is 49.8 Å². The topological polar surface area (TPSA) is 224 Å². The van der Waals surface area contributed by atoms with Crippen molar-refractivity contribution in [2.24, 2.45) is 0 Å². The van der Waals surface area contributed by atoms with E-state index in [0.717, 1.165) is 111 Å². The number of anilines is 3. The predicted molar refractivity (Wildman–Crippen MR) is 281 cm³/mol. The third kappa shape index (κ3) is 20.8. The molecule has 6 aliphatic rings. The van der Waals surface area contributed by atoms with Crippen molar-refractivity contribution in [2.45, 2.75) is 25.2 Å². The number of ether oxygens (including phenoxy) is 3. The number of likely N-dealkylation sites (N-methyl/N-ethyl adjacent to an activating group) is 1. The van der Waals surface area contributed by atoms with E-state index >= 15 is 0 Å². The van der Waals surface area contributed by atoms with E-state index < -0.39 is 44.3 Å². The molecule has 9 rings (SSSR count). The van der Waals surface area contributed by atoms with Gasteiger partial charge in [0.2, 0.25) is 0 Å². The SMILES string of the molecule is CCN1CCN(C[C@H]2CN(c3cccc(F)c3)C(=O)O2)CC1.CS(=O)(=O)OCCN1CCN(C[C@H]2CN(c3cccc(F)c3)C(=O)O2)CC1.CS(=O)(=O)OC[C@H]1CN(c2cccc(F)c2)C(=O)O1.OCCN1CCNCC1. The molecule has 0 aromatic heterocycles. The molecule has 0 radical (unpaired) electrons. The van der Waals surface area contributed by atoms with Gasteiger partial charge in [-0.2, -0.15) is 16.8 Å². The summed E-state index contributed by atoms with van der Waals surface area (Å²) < 4.78 is 108. The van der Waals surface area contributed by atoms with E-state index in [-0.39, 0.29) is 49.7 Å². The van der Waals surface area contributed by atoms with E-state index in [1.54, 1.807) is 30.3 Å². The Hall–Kier alpha value is -5.20. The van der Waals surface area contributed by atoms with Crippen LogP contribution in [0.15, 0.2) is 72.8 Å². The van der Waals surface area contributed by atoms with Crippen LogP contribution in [-0.2, 0) is 42.8 Å². The Morgan fingerprint density at radius 1 is 0.545 bits per heavy atom. The third-order valence-electron chi connectivity index (χ3n) is 13.1. The number of rotatable bonds is 17. The Bertz CT molecular complexity index is 2590. The highest BCUT2D eigenvalue weighted by Gasteiger charge is 2.36. The van der Waals surface area contributed by atoms with Crippen LogP contribution >= 0.6 is 0 Å². The van der Waals surface area contributed by atoms with Gasteiger partial charge in [-0.1, -0.05) is 25.1 Å². The maximum absolute atomic E-state index is 13.4. The molecule has 3 atom stereocenters. The minimum Gasteiger partial charge on any atom is -0.443 e. The monoisotopic (exact) mass is 1130 g/mol. The second-order valence-corrected chi connectivity index (χ2v) is 22.3. The van der Waals surface area contributed by atoms with Crippen LogP contribution in [0.1, 0.15) is 6.92 Å². The lowest BCUT2D eigenvalue weighted by atomic mass is 10.2. The predicted octanol–water partition coefficient (Wildman–Crippen LogP) is 2.54. The average Bonchev–Trinajstić information content (AvgIpc) is 4.08. The van der Waals surface area contributed by atoms with Crippen molar-refractivity contribution in [3.05, 3.63) is 90.2 Å².